The topological polar surface area (TPSA) is 157 Å². The Hall–Kier alpha value is -3.10. The molecule has 11 nitrogen and oxygen atoms in total. The number of pyridine rings is 1. The van der Waals surface area contributed by atoms with Gasteiger partial charge >= 0.3 is 10.4 Å². The highest BCUT2D eigenvalue weighted by molar-refractivity contribution is 7.93. The summed E-state index contributed by atoms with van der Waals surface area (Å²) in [5.74, 6) is 0.849. The van der Waals surface area contributed by atoms with Crippen molar-refractivity contribution in [1.82, 2.24) is 14.8 Å². The predicted molar refractivity (Wildman–Crippen MR) is 138 cm³/mol. The third-order valence-electron chi connectivity index (χ3n) is 6.14. The van der Waals surface area contributed by atoms with Crippen molar-refractivity contribution in [2.45, 2.75) is 17.7 Å². The van der Waals surface area contributed by atoms with Crippen LogP contribution in [0.2, 0.25) is 0 Å². The molecule has 2 heterocycles. The highest BCUT2D eigenvalue weighted by atomic mass is 32.3. The van der Waals surface area contributed by atoms with Crippen molar-refractivity contribution >= 4 is 42.9 Å². The largest absolute Gasteiger partial charge is 0.394 e. The molecular weight excluding hydrogens is 520 g/mol. The minimum absolute atomic E-state index is 0.0104. The van der Waals surface area contributed by atoms with E-state index in [1.165, 1.54) is 12.8 Å². The summed E-state index contributed by atoms with van der Waals surface area (Å²) in [5.41, 5.74) is 1.40. The minimum atomic E-state index is -4.67. The highest BCUT2D eigenvalue weighted by Crippen LogP contribution is 2.30. The number of carbonyl (C=O) groups is 1. The lowest BCUT2D eigenvalue weighted by molar-refractivity contribution is 0.0632. The van der Waals surface area contributed by atoms with E-state index in [4.69, 9.17) is 17.5 Å². The van der Waals surface area contributed by atoms with Gasteiger partial charge in [-0.15, -0.1) is 0 Å². The Morgan fingerprint density at radius 3 is 2.16 bits per heavy atom. The predicted octanol–water partition coefficient (Wildman–Crippen LogP) is 2.55. The second kappa shape index (κ2) is 11.1. The van der Waals surface area contributed by atoms with Crippen molar-refractivity contribution in [2.75, 3.05) is 37.4 Å². The first-order valence-corrected chi connectivity index (χ1v) is 14.6. The molecule has 2 fully saturated rings. The van der Waals surface area contributed by atoms with Crippen molar-refractivity contribution in [3.63, 3.8) is 0 Å². The number of carbonyl (C=O) groups excluding carboxylic acids is 1. The van der Waals surface area contributed by atoms with Gasteiger partial charge in [0.25, 0.3) is 15.9 Å². The molecule has 0 unspecified atom stereocenters. The molecule has 1 amide bonds. The summed E-state index contributed by atoms with van der Waals surface area (Å²) in [7, 11) is -8.48. The highest BCUT2D eigenvalue weighted by Gasteiger charge is 2.28. The van der Waals surface area contributed by atoms with E-state index < -0.39 is 20.4 Å². The maximum absolute atomic E-state index is 13.0. The smallest absolute Gasteiger partial charge is 0.336 e. The number of piperazine rings is 1. The lowest BCUT2D eigenvalue weighted by Gasteiger charge is -2.34. The van der Waals surface area contributed by atoms with Crippen LogP contribution in [0.4, 0.5) is 5.69 Å². The number of fused-ring (bicyclic) bond motifs is 1. The Balaban J connectivity index is 0.000000586. The van der Waals surface area contributed by atoms with Crippen LogP contribution in [0.5, 0.6) is 0 Å². The van der Waals surface area contributed by atoms with Gasteiger partial charge in [0.15, 0.2) is 0 Å². The van der Waals surface area contributed by atoms with Crippen molar-refractivity contribution < 1.29 is 30.7 Å². The van der Waals surface area contributed by atoms with Crippen LogP contribution in [0.1, 0.15) is 23.2 Å². The molecule has 13 heteroatoms. The van der Waals surface area contributed by atoms with Crippen LogP contribution in [0, 0.1) is 5.92 Å². The van der Waals surface area contributed by atoms with Crippen molar-refractivity contribution in [1.29, 1.82) is 0 Å². The maximum atomic E-state index is 13.0. The number of nitrogens with one attached hydrogen (secondary N) is 1. The summed E-state index contributed by atoms with van der Waals surface area (Å²) in [6, 6.07) is 15.3. The first-order chi connectivity index (χ1) is 17.5. The van der Waals surface area contributed by atoms with Gasteiger partial charge in [-0.2, -0.15) is 8.42 Å². The van der Waals surface area contributed by atoms with E-state index in [9.17, 15) is 13.2 Å². The van der Waals surface area contributed by atoms with Gasteiger partial charge in [0, 0.05) is 55.6 Å². The number of hydrogen-bond donors (Lipinski definition) is 3. The van der Waals surface area contributed by atoms with E-state index in [0.717, 1.165) is 44.0 Å². The molecule has 3 aromatic rings. The zero-order chi connectivity index (χ0) is 26.6. The van der Waals surface area contributed by atoms with Crippen LogP contribution in [0.15, 0.2) is 65.7 Å². The number of rotatable bonds is 6. The first kappa shape index (κ1) is 26.9. The van der Waals surface area contributed by atoms with Crippen LogP contribution in [0.3, 0.4) is 0 Å². The molecule has 5 rings (SSSR count). The number of para-hydroxylation sites is 1. The summed E-state index contributed by atoms with van der Waals surface area (Å²) >= 11 is 0. The molecule has 1 aliphatic carbocycles. The van der Waals surface area contributed by atoms with E-state index in [-0.39, 0.29) is 10.8 Å². The molecule has 37 heavy (non-hydrogen) atoms. The monoisotopic (exact) mass is 548 g/mol. The molecular formula is C24H28N4O7S2. The molecule has 3 N–H and O–H groups in total. The number of hydrogen-bond acceptors (Lipinski definition) is 7. The second-order valence-electron chi connectivity index (χ2n) is 9.00. The third-order valence-corrected chi connectivity index (χ3v) is 7.55. The molecule has 0 spiro atoms. The molecule has 2 aromatic carbocycles. The van der Waals surface area contributed by atoms with Gasteiger partial charge in [0.1, 0.15) is 4.90 Å². The molecule has 1 aromatic heterocycles. The standard InChI is InChI=1S/C24H26N4O3S.H2O4S/c29-24(28-15-13-27(14-16-28)17-18-6-7-18)20-8-10-21(11-9-20)26-32(30,31)22-5-1-3-19-4-2-12-25-23(19)22;1-5(2,3)4/h1-5,8-12,18,26H,6-7,13-17H2;(H2,1,2,3,4). The number of anilines is 1. The lowest BCUT2D eigenvalue weighted by Crippen LogP contribution is -2.49. The van der Waals surface area contributed by atoms with Gasteiger partial charge in [0.2, 0.25) is 0 Å². The van der Waals surface area contributed by atoms with Crippen LogP contribution in [-0.4, -0.2) is 79.4 Å². The SMILES string of the molecule is O=C(c1ccc(NS(=O)(=O)c2cccc3cccnc23)cc1)N1CCN(CC2CC2)CC1.O=S(=O)(O)O. The van der Waals surface area contributed by atoms with E-state index in [2.05, 4.69) is 14.6 Å². The molecule has 1 saturated carbocycles. The fourth-order valence-electron chi connectivity index (χ4n) is 4.17. The first-order valence-electron chi connectivity index (χ1n) is 11.7. The van der Waals surface area contributed by atoms with Crippen LogP contribution < -0.4 is 4.72 Å². The number of benzene rings is 2. The van der Waals surface area contributed by atoms with Gasteiger partial charge in [-0.1, -0.05) is 18.2 Å². The van der Waals surface area contributed by atoms with Crippen LogP contribution in [-0.2, 0) is 20.4 Å². The van der Waals surface area contributed by atoms with Crippen molar-refractivity contribution in [2.24, 2.45) is 5.92 Å². The fourth-order valence-corrected chi connectivity index (χ4v) is 5.40. The average Bonchev–Trinajstić information content (AvgIpc) is 3.67. The lowest BCUT2D eigenvalue weighted by atomic mass is 10.1. The molecule has 2 aliphatic rings. The van der Waals surface area contributed by atoms with Crippen molar-refractivity contribution in [3.8, 4) is 0 Å². The molecule has 0 atom stereocenters. The van der Waals surface area contributed by atoms with E-state index >= 15 is 0 Å². The molecule has 1 aliphatic heterocycles. The van der Waals surface area contributed by atoms with Gasteiger partial charge in [-0.25, -0.2) is 8.42 Å². The molecule has 1 saturated heterocycles. The van der Waals surface area contributed by atoms with Crippen LogP contribution >= 0.6 is 0 Å². The third kappa shape index (κ3) is 7.69. The molecule has 198 valence electrons. The summed E-state index contributed by atoms with van der Waals surface area (Å²) < 4.78 is 60.1. The Morgan fingerprint density at radius 1 is 0.919 bits per heavy atom. The maximum Gasteiger partial charge on any atom is 0.394 e. The van der Waals surface area contributed by atoms with E-state index in [1.54, 1.807) is 48.7 Å². The normalized spacial score (nSPS) is 16.6. The average molecular weight is 549 g/mol. The fraction of sp³-hybridized carbons (Fsp3) is 0.333. The van der Waals surface area contributed by atoms with Gasteiger partial charge in [0.05, 0.1) is 5.52 Å². The Kier molecular flexibility index (Phi) is 8.09. The van der Waals surface area contributed by atoms with E-state index in [1.807, 2.05) is 17.0 Å². The molecule has 0 bridgehead atoms. The van der Waals surface area contributed by atoms with Crippen LogP contribution in [0.25, 0.3) is 10.9 Å². The summed E-state index contributed by atoms with van der Waals surface area (Å²) in [4.78, 5) is 21.5. The van der Waals surface area contributed by atoms with Gasteiger partial charge in [-0.3, -0.25) is 28.5 Å². The summed E-state index contributed by atoms with van der Waals surface area (Å²) in [6.07, 6.45) is 4.26. The second-order valence-corrected chi connectivity index (χ2v) is 11.5. The molecule has 0 radical (unpaired) electrons. The number of amides is 1. The number of aromatic nitrogens is 1. The number of sulfonamides is 1. The zero-order valence-corrected chi connectivity index (χ0v) is 21.5. The summed E-state index contributed by atoms with van der Waals surface area (Å²) in [5, 5.41) is 0.758. The Morgan fingerprint density at radius 2 is 1.54 bits per heavy atom. The van der Waals surface area contributed by atoms with E-state index in [0.29, 0.717) is 16.8 Å². The quantitative estimate of drug-likeness (QED) is 0.394. The Labute approximate surface area is 215 Å². The zero-order valence-electron chi connectivity index (χ0n) is 19.9. The van der Waals surface area contributed by atoms with Gasteiger partial charge < -0.3 is 4.90 Å². The minimum Gasteiger partial charge on any atom is -0.336 e. The van der Waals surface area contributed by atoms with Crippen molar-refractivity contribution in [3.05, 3.63) is 66.4 Å². The number of nitrogens with zero attached hydrogens (tertiary/aromatic N) is 3. The van der Waals surface area contributed by atoms with Gasteiger partial charge in [-0.05, 0) is 55.2 Å². The Bertz CT molecular complexity index is 1450. The summed E-state index contributed by atoms with van der Waals surface area (Å²) in [6.45, 7) is 4.45.